The van der Waals surface area contributed by atoms with Crippen LogP contribution in [-0.4, -0.2) is 23.0 Å². The summed E-state index contributed by atoms with van der Waals surface area (Å²) in [5.41, 5.74) is 0. The molecule has 19 heavy (non-hydrogen) atoms. The molecule has 3 rings (SSSR count). The van der Waals surface area contributed by atoms with Crippen molar-refractivity contribution < 1.29 is 14.7 Å². The summed E-state index contributed by atoms with van der Waals surface area (Å²) >= 11 is 0. The van der Waals surface area contributed by atoms with Gasteiger partial charge in [-0.1, -0.05) is 12.8 Å². The maximum Gasteiger partial charge on any atom is 0.308 e. The fourth-order valence-electron chi connectivity index (χ4n) is 4.56. The Morgan fingerprint density at radius 1 is 1.11 bits per heavy atom. The molecule has 0 aliphatic heterocycles. The summed E-state index contributed by atoms with van der Waals surface area (Å²) in [6.07, 6.45) is 8.23. The molecule has 3 saturated carbocycles. The number of nitrogens with one attached hydrogen (secondary N) is 1. The maximum atomic E-state index is 12.1. The Bertz CT molecular complexity index is 382. The Hall–Kier alpha value is -1.06. The van der Waals surface area contributed by atoms with E-state index in [1.54, 1.807) is 0 Å². The molecule has 0 saturated heterocycles. The van der Waals surface area contributed by atoms with Crippen LogP contribution in [0, 0.1) is 23.7 Å². The van der Waals surface area contributed by atoms with Crippen molar-refractivity contribution in [3.05, 3.63) is 0 Å². The zero-order valence-electron chi connectivity index (χ0n) is 11.3. The highest BCUT2D eigenvalue weighted by Gasteiger charge is 2.41. The van der Waals surface area contributed by atoms with Gasteiger partial charge in [-0.15, -0.1) is 0 Å². The predicted molar refractivity (Wildman–Crippen MR) is 70.5 cm³/mol. The van der Waals surface area contributed by atoms with E-state index in [2.05, 4.69) is 5.32 Å². The SMILES string of the molecule is O=C(CC1CC2CCC1C2)N[C@H]1CCC[C@H]1C(=O)O. The van der Waals surface area contributed by atoms with Crippen LogP contribution in [0.2, 0.25) is 0 Å². The van der Waals surface area contributed by atoms with E-state index in [9.17, 15) is 9.59 Å². The molecule has 0 aromatic carbocycles. The molecule has 0 aromatic heterocycles. The van der Waals surface area contributed by atoms with Gasteiger partial charge < -0.3 is 10.4 Å². The monoisotopic (exact) mass is 265 g/mol. The van der Waals surface area contributed by atoms with Crippen molar-refractivity contribution in [2.45, 2.75) is 57.4 Å². The molecule has 0 radical (unpaired) electrons. The van der Waals surface area contributed by atoms with Gasteiger partial charge in [-0.3, -0.25) is 9.59 Å². The highest BCUT2D eigenvalue weighted by molar-refractivity contribution is 5.78. The number of fused-ring (bicyclic) bond motifs is 2. The number of carboxylic acid groups (broad SMARTS) is 1. The second-order valence-corrected chi connectivity index (χ2v) is 6.69. The summed E-state index contributed by atoms with van der Waals surface area (Å²) < 4.78 is 0. The first-order valence-electron chi connectivity index (χ1n) is 7.65. The third-order valence-corrected chi connectivity index (χ3v) is 5.51. The molecule has 3 aliphatic carbocycles. The van der Waals surface area contributed by atoms with Gasteiger partial charge in [0.2, 0.25) is 5.91 Å². The first kappa shape index (κ1) is 12.9. The molecular formula is C15H23NO3. The van der Waals surface area contributed by atoms with Crippen LogP contribution in [0.3, 0.4) is 0 Å². The average molecular weight is 265 g/mol. The second kappa shape index (κ2) is 5.14. The number of amides is 1. The minimum absolute atomic E-state index is 0.0794. The third-order valence-electron chi connectivity index (χ3n) is 5.51. The Kier molecular flexibility index (Phi) is 3.50. The van der Waals surface area contributed by atoms with Gasteiger partial charge in [-0.05, 0) is 49.9 Å². The molecule has 1 amide bonds. The first-order valence-corrected chi connectivity index (χ1v) is 7.65. The molecule has 0 aromatic rings. The van der Waals surface area contributed by atoms with E-state index >= 15 is 0 Å². The van der Waals surface area contributed by atoms with E-state index < -0.39 is 5.97 Å². The van der Waals surface area contributed by atoms with Crippen LogP contribution in [-0.2, 0) is 9.59 Å². The fraction of sp³-hybridized carbons (Fsp3) is 0.867. The van der Waals surface area contributed by atoms with Crippen LogP contribution >= 0.6 is 0 Å². The summed E-state index contributed by atoms with van der Waals surface area (Å²) in [4.78, 5) is 23.2. The Morgan fingerprint density at radius 3 is 2.58 bits per heavy atom. The van der Waals surface area contributed by atoms with Crippen molar-refractivity contribution in [3.8, 4) is 0 Å². The van der Waals surface area contributed by atoms with Gasteiger partial charge in [0, 0.05) is 12.5 Å². The van der Waals surface area contributed by atoms with E-state index in [0.29, 0.717) is 18.8 Å². The minimum Gasteiger partial charge on any atom is -0.481 e. The molecule has 4 nitrogen and oxygen atoms in total. The first-order chi connectivity index (χ1) is 9.13. The van der Waals surface area contributed by atoms with Crippen molar-refractivity contribution in [1.82, 2.24) is 5.32 Å². The Morgan fingerprint density at radius 2 is 1.95 bits per heavy atom. The lowest BCUT2D eigenvalue weighted by molar-refractivity contribution is -0.142. The van der Waals surface area contributed by atoms with Gasteiger partial charge in [0.25, 0.3) is 0 Å². The highest BCUT2D eigenvalue weighted by atomic mass is 16.4. The van der Waals surface area contributed by atoms with Crippen LogP contribution in [0.5, 0.6) is 0 Å². The number of rotatable bonds is 4. The Labute approximate surface area is 113 Å². The molecule has 0 heterocycles. The number of aliphatic carboxylic acids is 1. The molecule has 106 valence electrons. The van der Waals surface area contributed by atoms with Crippen LogP contribution in [0.4, 0.5) is 0 Å². The summed E-state index contributed by atoms with van der Waals surface area (Å²) in [7, 11) is 0. The van der Waals surface area contributed by atoms with Gasteiger partial charge >= 0.3 is 5.97 Å². The van der Waals surface area contributed by atoms with Crippen molar-refractivity contribution >= 4 is 11.9 Å². The van der Waals surface area contributed by atoms with E-state index in [1.807, 2.05) is 0 Å². The largest absolute Gasteiger partial charge is 0.481 e. The van der Waals surface area contributed by atoms with Gasteiger partial charge in [0.15, 0.2) is 0 Å². The smallest absolute Gasteiger partial charge is 0.308 e. The number of carboxylic acids is 1. The lowest BCUT2D eigenvalue weighted by Gasteiger charge is -2.23. The summed E-state index contributed by atoms with van der Waals surface area (Å²) in [6, 6.07) is -0.136. The zero-order chi connectivity index (χ0) is 13.4. The van der Waals surface area contributed by atoms with Gasteiger partial charge in [0.1, 0.15) is 0 Å². The normalized spacial score (nSPS) is 40.5. The summed E-state index contributed by atoms with van der Waals surface area (Å²) in [5, 5.41) is 12.1. The van der Waals surface area contributed by atoms with Crippen LogP contribution in [0.1, 0.15) is 51.4 Å². The third kappa shape index (κ3) is 2.63. The number of hydrogen-bond donors (Lipinski definition) is 2. The molecule has 0 spiro atoms. The lowest BCUT2D eigenvalue weighted by atomic mass is 9.86. The number of hydrogen-bond acceptors (Lipinski definition) is 2. The van der Waals surface area contributed by atoms with E-state index in [4.69, 9.17) is 5.11 Å². The maximum absolute atomic E-state index is 12.1. The van der Waals surface area contributed by atoms with Crippen molar-refractivity contribution in [1.29, 1.82) is 0 Å². The standard InChI is InChI=1S/C15H23NO3/c17-14(8-11-7-9-4-5-10(11)6-9)16-13-3-1-2-12(13)15(18)19/h9-13H,1-8H2,(H,16,17)(H,18,19)/t9?,10?,11?,12-,13+/m1/s1. The van der Waals surface area contributed by atoms with Crippen LogP contribution in [0.25, 0.3) is 0 Å². The number of carbonyl (C=O) groups is 2. The summed E-state index contributed by atoms with van der Waals surface area (Å²) in [5.74, 6) is 1.13. The fourth-order valence-corrected chi connectivity index (χ4v) is 4.56. The van der Waals surface area contributed by atoms with E-state index in [0.717, 1.165) is 24.7 Å². The van der Waals surface area contributed by atoms with Crippen molar-refractivity contribution in [3.63, 3.8) is 0 Å². The molecule has 2 N–H and O–H groups in total. The molecule has 5 atom stereocenters. The minimum atomic E-state index is -0.761. The number of carbonyl (C=O) groups excluding carboxylic acids is 1. The van der Waals surface area contributed by atoms with Crippen LogP contribution < -0.4 is 5.32 Å². The zero-order valence-corrected chi connectivity index (χ0v) is 11.3. The van der Waals surface area contributed by atoms with Crippen LogP contribution in [0.15, 0.2) is 0 Å². The molecule has 3 fully saturated rings. The quantitative estimate of drug-likeness (QED) is 0.818. The highest BCUT2D eigenvalue weighted by Crippen LogP contribution is 2.49. The molecular weight excluding hydrogens is 242 g/mol. The van der Waals surface area contributed by atoms with Gasteiger partial charge in [-0.25, -0.2) is 0 Å². The van der Waals surface area contributed by atoms with E-state index in [1.165, 1.54) is 25.7 Å². The predicted octanol–water partition coefficient (Wildman–Crippen LogP) is 2.18. The second-order valence-electron chi connectivity index (χ2n) is 6.69. The van der Waals surface area contributed by atoms with Crippen molar-refractivity contribution in [2.75, 3.05) is 0 Å². The van der Waals surface area contributed by atoms with Gasteiger partial charge in [0.05, 0.1) is 5.92 Å². The Balaban J connectivity index is 1.50. The van der Waals surface area contributed by atoms with E-state index in [-0.39, 0.29) is 17.9 Å². The molecule has 2 bridgehead atoms. The summed E-state index contributed by atoms with van der Waals surface area (Å²) in [6.45, 7) is 0. The molecule has 3 aliphatic rings. The van der Waals surface area contributed by atoms with Gasteiger partial charge in [-0.2, -0.15) is 0 Å². The molecule has 4 heteroatoms. The molecule has 3 unspecified atom stereocenters. The topological polar surface area (TPSA) is 66.4 Å². The lowest BCUT2D eigenvalue weighted by Crippen LogP contribution is -2.41. The van der Waals surface area contributed by atoms with Crippen molar-refractivity contribution in [2.24, 2.45) is 23.7 Å². The average Bonchev–Trinajstić information content (AvgIpc) is 3.03.